The molecule has 0 amide bonds. The van der Waals surface area contributed by atoms with Gasteiger partial charge in [-0.05, 0) is 27.2 Å². The second-order valence-corrected chi connectivity index (χ2v) is 5.05. The molecule has 1 saturated heterocycles. The van der Waals surface area contributed by atoms with Crippen LogP contribution in [-0.2, 0) is 14.3 Å². The van der Waals surface area contributed by atoms with Crippen LogP contribution >= 0.6 is 0 Å². The van der Waals surface area contributed by atoms with E-state index in [4.69, 9.17) is 9.47 Å². The van der Waals surface area contributed by atoms with E-state index in [1.165, 1.54) is 0 Å². The van der Waals surface area contributed by atoms with E-state index in [9.17, 15) is 4.79 Å². The summed E-state index contributed by atoms with van der Waals surface area (Å²) in [6.45, 7) is 8.82. The van der Waals surface area contributed by atoms with Gasteiger partial charge in [0, 0.05) is 0 Å². The van der Waals surface area contributed by atoms with Crippen molar-refractivity contribution in [2.75, 3.05) is 13.2 Å². The third kappa shape index (κ3) is 2.98. The van der Waals surface area contributed by atoms with Gasteiger partial charge < -0.3 is 9.47 Å². The van der Waals surface area contributed by atoms with Crippen molar-refractivity contribution in [2.24, 2.45) is 5.41 Å². The highest BCUT2D eigenvalue weighted by Crippen LogP contribution is 2.33. The van der Waals surface area contributed by atoms with Gasteiger partial charge >= 0.3 is 5.97 Å². The normalized spacial score (nSPS) is 26.0. The highest BCUT2D eigenvalue weighted by molar-refractivity contribution is 5.75. The van der Waals surface area contributed by atoms with Crippen LogP contribution in [0.5, 0.6) is 0 Å². The summed E-state index contributed by atoms with van der Waals surface area (Å²) in [5, 5.41) is 0. The Bertz CT molecular complexity index is 211. The average Bonchev–Trinajstić information content (AvgIpc) is 2.80. The van der Waals surface area contributed by atoms with Crippen molar-refractivity contribution in [1.29, 1.82) is 0 Å². The molecule has 0 aromatic rings. The van der Waals surface area contributed by atoms with Gasteiger partial charge in [0.25, 0.3) is 0 Å². The number of esters is 1. The minimum absolute atomic E-state index is 0.143. The highest BCUT2D eigenvalue weighted by Gasteiger charge is 2.45. The first-order chi connectivity index (χ1) is 6.40. The molecule has 1 aliphatic rings. The van der Waals surface area contributed by atoms with E-state index < -0.39 is 5.41 Å². The molecule has 0 aromatic carbocycles. The van der Waals surface area contributed by atoms with Crippen molar-refractivity contribution >= 4 is 5.97 Å². The van der Waals surface area contributed by atoms with Crippen LogP contribution in [0.15, 0.2) is 0 Å². The molecular formula is C11H20O3. The molecule has 0 aliphatic carbocycles. The molecule has 0 bridgehead atoms. The minimum Gasteiger partial charge on any atom is -0.462 e. The van der Waals surface area contributed by atoms with Crippen molar-refractivity contribution in [3.8, 4) is 0 Å². The lowest BCUT2D eigenvalue weighted by Gasteiger charge is -2.18. The van der Waals surface area contributed by atoms with Crippen LogP contribution in [0.3, 0.4) is 0 Å². The molecule has 0 saturated carbocycles. The van der Waals surface area contributed by atoms with E-state index in [0.717, 1.165) is 19.4 Å². The first-order valence-corrected chi connectivity index (χ1v) is 5.21. The Hall–Kier alpha value is -0.570. The topological polar surface area (TPSA) is 38.8 Å². The molecule has 1 heterocycles. The molecule has 0 aromatic heterocycles. The van der Waals surface area contributed by atoms with Gasteiger partial charge in [-0.2, -0.15) is 0 Å². The smallest absolute Gasteiger partial charge is 0.311 e. The lowest BCUT2D eigenvalue weighted by atomic mass is 9.97. The van der Waals surface area contributed by atoms with E-state index in [2.05, 4.69) is 6.92 Å². The second-order valence-electron chi connectivity index (χ2n) is 5.05. The lowest BCUT2D eigenvalue weighted by molar-refractivity contribution is -0.154. The van der Waals surface area contributed by atoms with Gasteiger partial charge in [0.15, 0.2) is 0 Å². The lowest BCUT2D eigenvalue weighted by Crippen LogP contribution is -2.28. The summed E-state index contributed by atoms with van der Waals surface area (Å²) in [7, 11) is 0. The molecule has 1 fully saturated rings. The van der Waals surface area contributed by atoms with Crippen LogP contribution in [0.1, 0.15) is 40.5 Å². The maximum absolute atomic E-state index is 11.5. The Morgan fingerprint density at radius 2 is 2.07 bits per heavy atom. The molecule has 3 heteroatoms. The molecule has 1 atom stereocenters. The number of rotatable bonds is 4. The molecule has 0 spiro atoms. The Morgan fingerprint density at radius 1 is 1.50 bits per heavy atom. The van der Waals surface area contributed by atoms with Gasteiger partial charge in [0.1, 0.15) is 12.2 Å². The van der Waals surface area contributed by atoms with E-state index >= 15 is 0 Å². The van der Waals surface area contributed by atoms with Gasteiger partial charge in [-0.25, -0.2) is 0 Å². The van der Waals surface area contributed by atoms with Crippen LogP contribution in [0.2, 0.25) is 0 Å². The fourth-order valence-corrected chi connectivity index (χ4v) is 1.27. The third-order valence-electron chi connectivity index (χ3n) is 2.34. The van der Waals surface area contributed by atoms with Crippen molar-refractivity contribution < 1.29 is 14.3 Å². The molecular weight excluding hydrogens is 180 g/mol. The quantitative estimate of drug-likeness (QED) is 0.515. The monoisotopic (exact) mass is 200 g/mol. The molecule has 82 valence electrons. The number of epoxide rings is 1. The first-order valence-electron chi connectivity index (χ1n) is 5.21. The predicted molar refractivity (Wildman–Crippen MR) is 54.0 cm³/mol. The molecule has 0 radical (unpaired) electrons. The van der Waals surface area contributed by atoms with E-state index in [1.54, 1.807) is 0 Å². The van der Waals surface area contributed by atoms with Gasteiger partial charge in [-0.1, -0.05) is 13.3 Å². The molecule has 1 unspecified atom stereocenters. The average molecular weight is 200 g/mol. The summed E-state index contributed by atoms with van der Waals surface area (Å²) in [5.74, 6) is -0.150. The first kappa shape index (κ1) is 11.5. The highest BCUT2D eigenvalue weighted by atomic mass is 16.6. The maximum atomic E-state index is 11.5. The van der Waals surface area contributed by atoms with E-state index in [1.807, 2.05) is 20.8 Å². The number of hydrogen-bond donors (Lipinski definition) is 0. The standard InChI is InChI=1S/C11H20O3/c1-5-6-11(8-14-11)7-13-9(12)10(2,3)4/h5-8H2,1-4H3. The van der Waals surface area contributed by atoms with Crippen LogP contribution < -0.4 is 0 Å². The molecule has 3 nitrogen and oxygen atoms in total. The van der Waals surface area contributed by atoms with Crippen molar-refractivity contribution in [3.63, 3.8) is 0 Å². The second kappa shape index (κ2) is 3.89. The largest absolute Gasteiger partial charge is 0.462 e. The SMILES string of the molecule is CCCC1(COC(=O)C(C)(C)C)CO1. The summed E-state index contributed by atoms with van der Waals surface area (Å²) in [5.41, 5.74) is -0.558. The fraction of sp³-hybridized carbons (Fsp3) is 0.909. The number of ether oxygens (including phenoxy) is 2. The maximum Gasteiger partial charge on any atom is 0.311 e. The summed E-state index contributed by atoms with van der Waals surface area (Å²) < 4.78 is 10.5. The van der Waals surface area contributed by atoms with Crippen LogP contribution in [0.25, 0.3) is 0 Å². The van der Waals surface area contributed by atoms with Crippen LogP contribution in [0, 0.1) is 5.41 Å². The van der Waals surface area contributed by atoms with Crippen LogP contribution in [0.4, 0.5) is 0 Å². The van der Waals surface area contributed by atoms with E-state index in [-0.39, 0.29) is 11.6 Å². The van der Waals surface area contributed by atoms with Crippen LogP contribution in [-0.4, -0.2) is 24.8 Å². The molecule has 1 rings (SSSR count). The zero-order chi connectivity index (χ0) is 10.8. The zero-order valence-corrected chi connectivity index (χ0v) is 9.55. The number of carbonyl (C=O) groups is 1. The van der Waals surface area contributed by atoms with Gasteiger partial charge in [0.05, 0.1) is 12.0 Å². The third-order valence-corrected chi connectivity index (χ3v) is 2.34. The Kier molecular flexibility index (Phi) is 3.20. The summed E-state index contributed by atoms with van der Waals surface area (Å²) in [6.07, 6.45) is 2.04. The number of carbonyl (C=O) groups excluding carboxylic acids is 1. The molecule has 1 aliphatic heterocycles. The predicted octanol–water partition coefficient (Wildman–Crippen LogP) is 2.14. The van der Waals surface area contributed by atoms with Crippen molar-refractivity contribution in [2.45, 2.75) is 46.1 Å². The fourth-order valence-electron chi connectivity index (χ4n) is 1.27. The number of hydrogen-bond acceptors (Lipinski definition) is 3. The van der Waals surface area contributed by atoms with E-state index in [0.29, 0.717) is 6.61 Å². The Morgan fingerprint density at radius 3 is 2.43 bits per heavy atom. The Balaban J connectivity index is 2.30. The zero-order valence-electron chi connectivity index (χ0n) is 9.55. The Labute approximate surface area is 85.8 Å². The minimum atomic E-state index is -0.414. The van der Waals surface area contributed by atoms with Crippen molar-refractivity contribution in [3.05, 3.63) is 0 Å². The summed E-state index contributed by atoms with van der Waals surface area (Å²) in [4.78, 5) is 11.5. The van der Waals surface area contributed by atoms with Crippen molar-refractivity contribution in [1.82, 2.24) is 0 Å². The summed E-state index contributed by atoms with van der Waals surface area (Å²) in [6, 6.07) is 0. The molecule has 0 N–H and O–H groups in total. The van der Waals surface area contributed by atoms with Gasteiger partial charge in [-0.3, -0.25) is 4.79 Å². The van der Waals surface area contributed by atoms with Gasteiger partial charge in [0.2, 0.25) is 0 Å². The molecule has 14 heavy (non-hydrogen) atoms. The summed E-state index contributed by atoms with van der Waals surface area (Å²) >= 11 is 0. The van der Waals surface area contributed by atoms with Gasteiger partial charge in [-0.15, -0.1) is 0 Å².